The molecule has 0 aliphatic heterocycles. The van der Waals surface area contributed by atoms with Crippen LogP contribution in [0, 0.1) is 0 Å². The van der Waals surface area contributed by atoms with Crippen molar-refractivity contribution in [2.24, 2.45) is 0 Å². The Morgan fingerprint density at radius 2 is 2.00 bits per heavy atom. The molecule has 0 heterocycles. The Hall–Kier alpha value is -1.40. The molecule has 1 aromatic rings. The average molecular weight is 201 g/mol. The summed E-state index contributed by atoms with van der Waals surface area (Å²) in [4.78, 5) is 10.7. The van der Waals surface area contributed by atoms with E-state index in [-0.39, 0.29) is 0 Å². The largest absolute Gasteiger partial charge is 0.426 e. The standard InChI is InChI=1S/C7H7NO4S/c9-7(8-13(10)11)12-6-4-2-1-3-5-6/h1-5H,(H,8,9)(H,10,11). The Morgan fingerprint density at radius 3 is 2.54 bits per heavy atom. The molecular formula is C7H7NO4S. The van der Waals surface area contributed by atoms with Crippen LogP contribution in [-0.4, -0.2) is 14.9 Å². The second kappa shape index (κ2) is 4.58. The van der Waals surface area contributed by atoms with Crippen molar-refractivity contribution in [1.82, 2.24) is 4.72 Å². The van der Waals surface area contributed by atoms with Crippen LogP contribution < -0.4 is 9.46 Å². The van der Waals surface area contributed by atoms with Crippen LogP contribution in [-0.2, 0) is 11.3 Å². The van der Waals surface area contributed by atoms with Crippen LogP contribution in [0.15, 0.2) is 30.3 Å². The highest BCUT2D eigenvalue weighted by Crippen LogP contribution is 2.07. The van der Waals surface area contributed by atoms with Crippen LogP contribution in [0.25, 0.3) is 0 Å². The monoisotopic (exact) mass is 201 g/mol. The minimum atomic E-state index is -2.39. The summed E-state index contributed by atoms with van der Waals surface area (Å²) in [5.41, 5.74) is 0. The molecule has 0 bridgehead atoms. The van der Waals surface area contributed by atoms with Crippen LogP contribution in [0.4, 0.5) is 4.79 Å². The van der Waals surface area contributed by atoms with E-state index in [1.54, 1.807) is 35.1 Å². The highest BCUT2D eigenvalue weighted by atomic mass is 32.2. The van der Waals surface area contributed by atoms with Crippen molar-refractivity contribution in [1.29, 1.82) is 0 Å². The second-order valence-electron chi connectivity index (χ2n) is 2.05. The van der Waals surface area contributed by atoms with Gasteiger partial charge in [-0.15, -0.1) is 0 Å². The fourth-order valence-corrected chi connectivity index (χ4v) is 0.872. The Morgan fingerprint density at radius 1 is 1.38 bits per heavy atom. The molecule has 1 amide bonds. The number of hydrogen-bond donors (Lipinski definition) is 2. The summed E-state index contributed by atoms with van der Waals surface area (Å²) in [5.74, 6) is 0.311. The van der Waals surface area contributed by atoms with Gasteiger partial charge in [-0.25, -0.2) is 13.7 Å². The molecule has 0 radical (unpaired) electrons. The first-order valence-electron chi connectivity index (χ1n) is 3.33. The maximum atomic E-state index is 10.7. The van der Waals surface area contributed by atoms with Crippen LogP contribution in [0.5, 0.6) is 5.75 Å². The predicted octanol–water partition coefficient (Wildman–Crippen LogP) is 0.912. The zero-order valence-electron chi connectivity index (χ0n) is 6.47. The van der Waals surface area contributed by atoms with Crippen LogP contribution >= 0.6 is 0 Å². The number of para-hydroxylation sites is 1. The van der Waals surface area contributed by atoms with E-state index in [0.29, 0.717) is 5.75 Å². The summed E-state index contributed by atoms with van der Waals surface area (Å²) in [6.07, 6.45) is -0.966. The first-order chi connectivity index (χ1) is 6.18. The summed E-state index contributed by atoms with van der Waals surface area (Å²) in [7, 11) is 0. The van der Waals surface area contributed by atoms with Gasteiger partial charge in [0.25, 0.3) is 11.3 Å². The second-order valence-corrected chi connectivity index (χ2v) is 2.76. The van der Waals surface area contributed by atoms with Gasteiger partial charge >= 0.3 is 6.09 Å². The summed E-state index contributed by atoms with van der Waals surface area (Å²) in [6, 6.07) is 8.23. The molecule has 0 aromatic heterocycles. The number of hydrogen-bond acceptors (Lipinski definition) is 3. The van der Waals surface area contributed by atoms with Gasteiger partial charge in [0.05, 0.1) is 0 Å². The van der Waals surface area contributed by atoms with Gasteiger partial charge in [-0.05, 0) is 12.1 Å². The predicted molar refractivity (Wildman–Crippen MR) is 46.4 cm³/mol. The molecule has 1 aromatic carbocycles. The number of amides is 1. The highest BCUT2D eigenvalue weighted by Gasteiger charge is 2.05. The average Bonchev–Trinajstić information content (AvgIpc) is 2.04. The van der Waals surface area contributed by atoms with E-state index in [9.17, 15) is 9.00 Å². The number of carbonyl (C=O) groups excluding carboxylic acids is 1. The van der Waals surface area contributed by atoms with Gasteiger partial charge in [0.15, 0.2) is 0 Å². The van der Waals surface area contributed by atoms with Gasteiger partial charge in [0.1, 0.15) is 5.75 Å². The highest BCUT2D eigenvalue weighted by molar-refractivity contribution is 7.77. The van der Waals surface area contributed by atoms with Crippen molar-refractivity contribution in [3.8, 4) is 5.75 Å². The smallest absolute Gasteiger partial charge is 0.410 e. The van der Waals surface area contributed by atoms with Gasteiger partial charge in [0.2, 0.25) is 0 Å². The summed E-state index contributed by atoms with van der Waals surface area (Å²) >= 11 is -2.39. The molecule has 0 saturated carbocycles. The maximum Gasteiger partial charge on any atom is 0.426 e. The van der Waals surface area contributed by atoms with Gasteiger partial charge in [-0.2, -0.15) is 0 Å². The molecule has 0 aliphatic rings. The first kappa shape index (κ1) is 9.69. The molecule has 5 nitrogen and oxygen atoms in total. The van der Waals surface area contributed by atoms with E-state index < -0.39 is 17.4 Å². The molecule has 0 spiro atoms. The molecule has 0 fully saturated rings. The molecule has 1 rings (SSSR count). The lowest BCUT2D eigenvalue weighted by atomic mass is 10.3. The van der Waals surface area contributed by atoms with E-state index in [4.69, 9.17) is 4.55 Å². The third-order valence-electron chi connectivity index (χ3n) is 1.12. The quantitative estimate of drug-likeness (QED) is 0.697. The van der Waals surface area contributed by atoms with Crippen molar-refractivity contribution in [3.05, 3.63) is 30.3 Å². The van der Waals surface area contributed by atoms with E-state index in [0.717, 1.165) is 0 Å². The van der Waals surface area contributed by atoms with E-state index in [1.165, 1.54) is 0 Å². The summed E-state index contributed by atoms with van der Waals surface area (Å²) in [6.45, 7) is 0. The number of nitrogens with one attached hydrogen (secondary N) is 1. The van der Waals surface area contributed by atoms with Crippen molar-refractivity contribution < 1.29 is 18.3 Å². The van der Waals surface area contributed by atoms with Crippen molar-refractivity contribution >= 4 is 17.4 Å². The van der Waals surface area contributed by atoms with Gasteiger partial charge in [0, 0.05) is 0 Å². The molecule has 6 heteroatoms. The minimum absolute atomic E-state index is 0.311. The Bertz CT molecular complexity index is 314. The lowest BCUT2D eigenvalue weighted by Gasteiger charge is -2.01. The first-order valence-corrected chi connectivity index (χ1v) is 4.43. The summed E-state index contributed by atoms with van der Waals surface area (Å²) in [5, 5.41) is 0. The lowest BCUT2D eigenvalue weighted by molar-refractivity contribution is 0.206. The number of ether oxygens (including phenoxy) is 1. The van der Waals surface area contributed by atoms with E-state index in [2.05, 4.69) is 4.74 Å². The third kappa shape index (κ3) is 3.68. The molecule has 13 heavy (non-hydrogen) atoms. The van der Waals surface area contributed by atoms with Gasteiger partial charge in [-0.1, -0.05) is 18.2 Å². The van der Waals surface area contributed by atoms with E-state index in [1.807, 2.05) is 0 Å². The zero-order valence-corrected chi connectivity index (χ0v) is 7.28. The van der Waals surface area contributed by atoms with Crippen molar-refractivity contribution in [3.63, 3.8) is 0 Å². The number of carbonyl (C=O) groups is 1. The van der Waals surface area contributed by atoms with E-state index >= 15 is 0 Å². The molecule has 1 atom stereocenters. The van der Waals surface area contributed by atoms with Crippen LogP contribution in [0.1, 0.15) is 0 Å². The number of benzene rings is 1. The fraction of sp³-hybridized carbons (Fsp3) is 0. The van der Waals surface area contributed by atoms with Crippen molar-refractivity contribution in [2.45, 2.75) is 0 Å². The number of rotatable bonds is 2. The SMILES string of the molecule is O=C(NS(=O)O)Oc1ccccc1. The lowest BCUT2D eigenvalue weighted by Crippen LogP contribution is -2.28. The maximum absolute atomic E-state index is 10.7. The van der Waals surface area contributed by atoms with Gasteiger partial charge < -0.3 is 4.74 Å². The molecule has 2 N–H and O–H groups in total. The topological polar surface area (TPSA) is 75.6 Å². The third-order valence-corrected chi connectivity index (χ3v) is 1.47. The normalized spacial score (nSPS) is 11.8. The Balaban J connectivity index is 2.50. The molecule has 1 unspecified atom stereocenters. The van der Waals surface area contributed by atoms with Crippen LogP contribution in [0.2, 0.25) is 0 Å². The molecule has 0 aliphatic carbocycles. The molecular weight excluding hydrogens is 194 g/mol. The zero-order chi connectivity index (χ0) is 9.68. The fourth-order valence-electron chi connectivity index (χ4n) is 0.688. The van der Waals surface area contributed by atoms with Crippen molar-refractivity contribution in [2.75, 3.05) is 0 Å². The minimum Gasteiger partial charge on any atom is -0.410 e. The molecule has 0 saturated heterocycles. The molecule has 70 valence electrons. The van der Waals surface area contributed by atoms with Crippen LogP contribution in [0.3, 0.4) is 0 Å². The summed E-state index contributed by atoms with van der Waals surface area (Å²) < 4.78 is 24.6. The Kier molecular flexibility index (Phi) is 3.41. The van der Waals surface area contributed by atoms with Gasteiger partial charge in [-0.3, -0.25) is 4.55 Å². The Labute approximate surface area is 77.1 Å².